The SMILES string of the molecule is Cc1ccc2cc1OCCNC(=O)C[C@@H]1CC[C@H](CNC2=O)N1C(=O)CC1CC1. The van der Waals surface area contributed by atoms with Crippen LogP contribution in [-0.2, 0) is 9.59 Å². The van der Waals surface area contributed by atoms with E-state index < -0.39 is 0 Å². The van der Waals surface area contributed by atoms with Gasteiger partial charge in [0.1, 0.15) is 12.4 Å². The maximum absolute atomic E-state index is 12.9. The highest BCUT2D eigenvalue weighted by Crippen LogP contribution is 2.35. The Morgan fingerprint density at radius 1 is 1.14 bits per heavy atom. The van der Waals surface area contributed by atoms with Crippen LogP contribution in [0, 0.1) is 12.8 Å². The summed E-state index contributed by atoms with van der Waals surface area (Å²) in [5, 5.41) is 5.88. The van der Waals surface area contributed by atoms with E-state index in [1.807, 2.05) is 17.9 Å². The fourth-order valence-electron chi connectivity index (χ4n) is 4.29. The van der Waals surface area contributed by atoms with Crippen LogP contribution in [0.2, 0.25) is 0 Å². The summed E-state index contributed by atoms with van der Waals surface area (Å²) in [6.45, 7) is 3.04. The summed E-state index contributed by atoms with van der Waals surface area (Å²) in [4.78, 5) is 39.9. The second-order valence-electron chi connectivity index (χ2n) is 8.43. The van der Waals surface area contributed by atoms with Crippen molar-refractivity contribution in [2.24, 2.45) is 5.92 Å². The highest BCUT2D eigenvalue weighted by Gasteiger charge is 2.39. The molecule has 29 heavy (non-hydrogen) atoms. The molecule has 0 radical (unpaired) electrons. The first-order valence-corrected chi connectivity index (χ1v) is 10.6. The van der Waals surface area contributed by atoms with Crippen molar-refractivity contribution in [3.05, 3.63) is 29.3 Å². The second-order valence-corrected chi connectivity index (χ2v) is 8.43. The third-order valence-electron chi connectivity index (χ3n) is 6.12. The van der Waals surface area contributed by atoms with Gasteiger partial charge in [-0.25, -0.2) is 0 Å². The standard InChI is InChI=1S/C22H29N3O4/c1-14-2-5-16-11-19(14)29-9-8-23-20(26)12-17-6-7-18(13-24-22(16)28)25(17)21(27)10-15-3-4-15/h2,5,11,15,17-18H,3-4,6-10,12-13H2,1H3,(H,23,26)(H,24,28)/t17-,18+/m0/s1. The van der Waals surface area contributed by atoms with E-state index in [1.54, 1.807) is 12.1 Å². The van der Waals surface area contributed by atoms with Gasteiger partial charge in [0.05, 0.1) is 6.54 Å². The van der Waals surface area contributed by atoms with Gasteiger partial charge in [-0.1, -0.05) is 6.07 Å². The van der Waals surface area contributed by atoms with Gasteiger partial charge in [0.2, 0.25) is 11.8 Å². The zero-order chi connectivity index (χ0) is 20.4. The molecule has 0 unspecified atom stereocenters. The van der Waals surface area contributed by atoms with Crippen molar-refractivity contribution in [2.45, 2.75) is 57.5 Å². The van der Waals surface area contributed by atoms with Gasteiger partial charge >= 0.3 is 0 Å². The minimum Gasteiger partial charge on any atom is -0.491 e. The molecule has 3 amide bonds. The van der Waals surface area contributed by atoms with Crippen LogP contribution >= 0.6 is 0 Å². The monoisotopic (exact) mass is 399 g/mol. The number of hydrogen-bond donors (Lipinski definition) is 2. The first kappa shape index (κ1) is 19.7. The molecular weight excluding hydrogens is 370 g/mol. The predicted octanol–water partition coefficient (Wildman–Crippen LogP) is 1.78. The third kappa shape index (κ3) is 4.71. The van der Waals surface area contributed by atoms with Gasteiger partial charge < -0.3 is 20.3 Å². The minimum absolute atomic E-state index is 0.0608. The fourth-order valence-corrected chi connectivity index (χ4v) is 4.29. The number of aryl methyl sites for hydroxylation is 1. The van der Waals surface area contributed by atoms with Crippen LogP contribution in [0.3, 0.4) is 0 Å². The summed E-state index contributed by atoms with van der Waals surface area (Å²) in [5.74, 6) is 1.02. The van der Waals surface area contributed by atoms with Crippen molar-refractivity contribution < 1.29 is 19.1 Å². The quantitative estimate of drug-likeness (QED) is 0.794. The highest BCUT2D eigenvalue weighted by molar-refractivity contribution is 5.94. The summed E-state index contributed by atoms with van der Waals surface area (Å²) >= 11 is 0. The van der Waals surface area contributed by atoms with Gasteiger partial charge in [-0.2, -0.15) is 0 Å². The molecule has 2 fully saturated rings. The zero-order valence-electron chi connectivity index (χ0n) is 16.9. The second kappa shape index (κ2) is 8.43. The zero-order valence-corrected chi connectivity index (χ0v) is 16.9. The summed E-state index contributed by atoms with van der Waals surface area (Å²) in [6.07, 6.45) is 4.67. The van der Waals surface area contributed by atoms with Gasteiger partial charge in [-0.15, -0.1) is 0 Å². The normalized spacial score (nSPS) is 25.3. The molecule has 1 aromatic carbocycles. The molecule has 7 heteroatoms. The molecule has 4 rings (SSSR count). The Morgan fingerprint density at radius 2 is 1.93 bits per heavy atom. The maximum Gasteiger partial charge on any atom is 0.251 e. The van der Waals surface area contributed by atoms with Gasteiger partial charge in [0.15, 0.2) is 0 Å². The van der Waals surface area contributed by atoms with Crippen LogP contribution in [-0.4, -0.2) is 54.4 Å². The van der Waals surface area contributed by atoms with Crippen LogP contribution in [0.4, 0.5) is 0 Å². The number of ether oxygens (including phenoxy) is 1. The van der Waals surface area contributed by atoms with Gasteiger partial charge in [-0.05, 0) is 56.2 Å². The van der Waals surface area contributed by atoms with Gasteiger partial charge in [0.25, 0.3) is 5.91 Å². The van der Waals surface area contributed by atoms with E-state index in [0.717, 1.165) is 31.2 Å². The van der Waals surface area contributed by atoms with E-state index in [-0.39, 0.29) is 29.8 Å². The lowest BCUT2D eigenvalue weighted by molar-refractivity contribution is -0.135. The van der Waals surface area contributed by atoms with Crippen LogP contribution in [0.5, 0.6) is 5.75 Å². The topological polar surface area (TPSA) is 87.7 Å². The van der Waals surface area contributed by atoms with E-state index in [2.05, 4.69) is 10.6 Å². The van der Waals surface area contributed by atoms with E-state index >= 15 is 0 Å². The number of nitrogens with one attached hydrogen (secondary N) is 2. The Kier molecular flexibility index (Phi) is 5.74. The summed E-state index contributed by atoms with van der Waals surface area (Å²) in [6, 6.07) is 5.22. The number of hydrogen-bond acceptors (Lipinski definition) is 4. The van der Waals surface area contributed by atoms with Crippen LogP contribution in [0.25, 0.3) is 0 Å². The lowest BCUT2D eigenvalue weighted by Gasteiger charge is -2.30. The molecule has 3 aliphatic rings. The first-order valence-electron chi connectivity index (χ1n) is 10.6. The smallest absolute Gasteiger partial charge is 0.251 e. The Balaban J connectivity index is 1.54. The molecule has 0 aromatic heterocycles. The number of fused-ring (bicyclic) bond motifs is 4. The number of nitrogens with zero attached hydrogens (tertiary/aromatic N) is 1. The average molecular weight is 399 g/mol. The number of benzene rings is 1. The lowest BCUT2D eigenvalue weighted by Crippen LogP contribution is -2.48. The van der Waals surface area contributed by atoms with Crippen molar-refractivity contribution in [2.75, 3.05) is 19.7 Å². The van der Waals surface area contributed by atoms with Crippen LogP contribution in [0.1, 0.15) is 54.4 Å². The minimum atomic E-state index is -0.169. The molecule has 1 saturated heterocycles. The Bertz CT molecular complexity index is 805. The van der Waals surface area contributed by atoms with Crippen molar-refractivity contribution in [1.29, 1.82) is 0 Å². The number of amides is 3. The fraction of sp³-hybridized carbons (Fsp3) is 0.591. The largest absolute Gasteiger partial charge is 0.491 e. The van der Waals surface area contributed by atoms with E-state index in [9.17, 15) is 14.4 Å². The molecule has 7 nitrogen and oxygen atoms in total. The van der Waals surface area contributed by atoms with Crippen LogP contribution in [0.15, 0.2) is 18.2 Å². The average Bonchev–Trinajstić information content (AvgIpc) is 3.42. The number of carbonyl (C=O) groups excluding carboxylic acids is 3. The lowest BCUT2D eigenvalue weighted by atomic mass is 10.1. The summed E-state index contributed by atoms with van der Waals surface area (Å²) in [7, 11) is 0. The van der Waals surface area contributed by atoms with Crippen molar-refractivity contribution in [1.82, 2.24) is 15.5 Å². The van der Waals surface area contributed by atoms with Gasteiger partial charge in [-0.3, -0.25) is 14.4 Å². The molecule has 2 heterocycles. The van der Waals surface area contributed by atoms with Crippen molar-refractivity contribution in [3.63, 3.8) is 0 Å². The molecule has 0 spiro atoms. The van der Waals surface area contributed by atoms with Crippen molar-refractivity contribution >= 4 is 17.7 Å². The summed E-state index contributed by atoms with van der Waals surface area (Å²) < 4.78 is 5.76. The highest BCUT2D eigenvalue weighted by atomic mass is 16.5. The molecule has 2 N–H and O–H groups in total. The molecule has 156 valence electrons. The Labute approximate surface area is 171 Å². The first-order chi connectivity index (χ1) is 14.0. The molecule has 2 aliphatic heterocycles. The predicted molar refractivity (Wildman–Crippen MR) is 108 cm³/mol. The Morgan fingerprint density at radius 3 is 2.72 bits per heavy atom. The van der Waals surface area contributed by atoms with Gasteiger partial charge in [0, 0.05) is 37.0 Å². The number of rotatable bonds is 2. The molecule has 1 saturated carbocycles. The van der Waals surface area contributed by atoms with E-state index in [0.29, 0.717) is 49.8 Å². The number of carbonyl (C=O) groups is 3. The molecule has 1 aromatic rings. The van der Waals surface area contributed by atoms with Crippen molar-refractivity contribution in [3.8, 4) is 5.75 Å². The van der Waals surface area contributed by atoms with E-state index in [4.69, 9.17) is 4.74 Å². The van der Waals surface area contributed by atoms with E-state index in [1.165, 1.54) is 0 Å². The summed E-state index contributed by atoms with van der Waals surface area (Å²) in [5.41, 5.74) is 1.48. The van der Waals surface area contributed by atoms with Crippen LogP contribution < -0.4 is 15.4 Å². The third-order valence-corrected chi connectivity index (χ3v) is 6.12. The molecule has 4 bridgehead atoms. The maximum atomic E-state index is 12.9. The molecular formula is C22H29N3O4. The molecule has 1 aliphatic carbocycles. The Hall–Kier alpha value is -2.57. The molecule has 2 atom stereocenters.